The number of hydrogen-bond donors (Lipinski definition) is 2. The first-order chi connectivity index (χ1) is 9.51. The fraction of sp³-hybridized carbons (Fsp3) is 0.286. The number of anilines is 1. The summed E-state index contributed by atoms with van der Waals surface area (Å²) in [5, 5.41) is 5.40. The minimum absolute atomic E-state index is 0.152. The average Bonchev–Trinajstić information content (AvgIpc) is 2.90. The Morgan fingerprint density at radius 2 is 2.30 bits per heavy atom. The number of carbonyl (C=O) groups is 1. The molecule has 1 atom stereocenters. The van der Waals surface area contributed by atoms with Crippen molar-refractivity contribution in [2.45, 2.75) is 26.3 Å². The van der Waals surface area contributed by atoms with Crippen molar-refractivity contribution < 1.29 is 4.79 Å². The van der Waals surface area contributed by atoms with E-state index < -0.39 is 0 Å². The average molecular weight is 354 g/mol. The van der Waals surface area contributed by atoms with Crippen LogP contribution >= 0.6 is 27.3 Å². The Morgan fingerprint density at radius 1 is 1.55 bits per heavy atom. The maximum atomic E-state index is 12.2. The van der Waals surface area contributed by atoms with Crippen molar-refractivity contribution in [2.75, 3.05) is 5.32 Å². The number of nitrogens with zero attached hydrogens (tertiary/aromatic N) is 1. The lowest BCUT2D eigenvalue weighted by atomic mass is 10.1. The number of benzene rings is 1. The summed E-state index contributed by atoms with van der Waals surface area (Å²) in [5.41, 5.74) is 8.06. The first-order valence-electron chi connectivity index (χ1n) is 6.32. The quantitative estimate of drug-likeness (QED) is 0.879. The van der Waals surface area contributed by atoms with Crippen LogP contribution in [0.3, 0.4) is 0 Å². The Morgan fingerprint density at radius 3 is 2.90 bits per heavy atom. The van der Waals surface area contributed by atoms with Crippen molar-refractivity contribution in [3.05, 3.63) is 44.3 Å². The number of nitrogens with two attached hydrogens (primary N) is 1. The maximum absolute atomic E-state index is 12.2. The smallest absolute Gasteiger partial charge is 0.275 e. The molecule has 0 fully saturated rings. The van der Waals surface area contributed by atoms with Crippen molar-refractivity contribution in [3.8, 4) is 0 Å². The zero-order chi connectivity index (χ0) is 14.7. The van der Waals surface area contributed by atoms with Gasteiger partial charge in [0, 0.05) is 15.5 Å². The first kappa shape index (κ1) is 15.2. The number of thiazole rings is 1. The van der Waals surface area contributed by atoms with Crippen LogP contribution in [0.25, 0.3) is 0 Å². The van der Waals surface area contributed by atoms with Crippen LogP contribution in [0.2, 0.25) is 0 Å². The second kappa shape index (κ2) is 6.47. The minimum Gasteiger partial charge on any atom is -0.322 e. The number of aryl methyl sites for hydroxylation is 1. The molecule has 0 aliphatic heterocycles. The summed E-state index contributed by atoms with van der Waals surface area (Å²) in [6.07, 6.45) is 0.844. The van der Waals surface area contributed by atoms with E-state index in [-0.39, 0.29) is 11.9 Å². The lowest BCUT2D eigenvalue weighted by molar-refractivity contribution is 0.102. The Bertz CT molecular complexity index is 625. The third-order valence-corrected chi connectivity index (χ3v) is 4.38. The molecule has 0 saturated carbocycles. The number of hydrogen-bond acceptors (Lipinski definition) is 4. The molecule has 0 aliphatic carbocycles. The van der Waals surface area contributed by atoms with Crippen molar-refractivity contribution in [3.63, 3.8) is 0 Å². The van der Waals surface area contributed by atoms with E-state index in [4.69, 9.17) is 5.73 Å². The number of amides is 1. The SMILES string of the molecule is CCc1cc(Br)ccc1NC(=O)c1csc(C(C)N)n1. The van der Waals surface area contributed by atoms with E-state index in [0.717, 1.165) is 27.2 Å². The highest BCUT2D eigenvalue weighted by atomic mass is 79.9. The van der Waals surface area contributed by atoms with Gasteiger partial charge in [-0.15, -0.1) is 11.3 Å². The third-order valence-electron chi connectivity index (χ3n) is 2.84. The van der Waals surface area contributed by atoms with Crippen LogP contribution in [0.5, 0.6) is 0 Å². The zero-order valence-corrected chi connectivity index (χ0v) is 13.7. The molecule has 2 rings (SSSR count). The molecule has 20 heavy (non-hydrogen) atoms. The fourth-order valence-electron chi connectivity index (χ4n) is 1.76. The molecular formula is C14H16BrN3OS. The predicted molar refractivity (Wildman–Crippen MR) is 86.2 cm³/mol. The van der Waals surface area contributed by atoms with Gasteiger partial charge in [-0.1, -0.05) is 22.9 Å². The van der Waals surface area contributed by atoms with Gasteiger partial charge in [-0.2, -0.15) is 0 Å². The van der Waals surface area contributed by atoms with Gasteiger partial charge in [0.15, 0.2) is 0 Å². The predicted octanol–water partition coefficient (Wildman–Crippen LogP) is 3.74. The summed E-state index contributed by atoms with van der Waals surface area (Å²) >= 11 is 4.83. The Kier molecular flexibility index (Phi) is 4.91. The van der Waals surface area contributed by atoms with E-state index in [9.17, 15) is 4.79 Å². The number of halogens is 1. The molecule has 1 heterocycles. The van der Waals surface area contributed by atoms with Crippen LogP contribution in [0.1, 0.15) is 40.9 Å². The largest absolute Gasteiger partial charge is 0.322 e. The molecule has 2 aromatic rings. The summed E-state index contributed by atoms with van der Waals surface area (Å²) in [6, 6.07) is 5.65. The highest BCUT2D eigenvalue weighted by Gasteiger charge is 2.14. The van der Waals surface area contributed by atoms with Gasteiger partial charge in [-0.05, 0) is 37.1 Å². The van der Waals surface area contributed by atoms with E-state index in [2.05, 4.69) is 33.2 Å². The molecule has 1 aromatic heterocycles. The Hall–Kier alpha value is -1.24. The molecule has 4 nitrogen and oxygen atoms in total. The van der Waals surface area contributed by atoms with Crippen LogP contribution in [0.4, 0.5) is 5.69 Å². The highest BCUT2D eigenvalue weighted by molar-refractivity contribution is 9.10. The van der Waals surface area contributed by atoms with Gasteiger partial charge < -0.3 is 11.1 Å². The van der Waals surface area contributed by atoms with Crippen LogP contribution in [-0.2, 0) is 6.42 Å². The molecule has 0 spiro atoms. The third kappa shape index (κ3) is 3.45. The van der Waals surface area contributed by atoms with E-state index in [1.54, 1.807) is 5.38 Å². The summed E-state index contributed by atoms with van der Waals surface area (Å²) < 4.78 is 1.00. The van der Waals surface area contributed by atoms with Crippen molar-refractivity contribution >= 4 is 38.9 Å². The summed E-state index contributed by atoms with van der Waals surface area (Å²) in [5.74, 6) is -0.204. The molecule has 106 valence electrons. The van der Waals surface area contributed by atoms with Crippen LogP contribution < -0.4 is 11.1 Å². The number of aromatic nitrogens is 1. The lowest BCUT2D eigenvalue weighted by Gasteiger charge is -2.09. The zero-order valence-electron chi connectivity index (χ0n) is 11.3. The fourth-order valence-corrected chi connectivity index (χ4v) is 2.93. The molecular weight excluding hydrogens is 338 g/mol. The minimum atomic E-state index is -0.204. The molecule has 0 bridgehead atoms. The standard InChI is InChI=1S/C14H16BrN3OS/c1-3-9-6-10(15)4-5-11(9)17-13(19)12-7-20-14(18-12)8(2)16/h4-8H,3,16H2,1-2H3,(H,17,19). The van der Waals surface area contributed by atoms with Crippen molar-refractivity contribution in [1.82, 2.24) is 4.98 Å². The topological polar surface area (TPSA) is 68.0 Å². The van der Waals surface area contributed by atoms with Crippen LogP contribution in [0.15, 0.2) is 28.1 Å². The second-order valence-electron chi connectivity index (χ2n) is 4.47. The molecule has 6 heteroatoms. The summed E-state index contributed by atoms with van der Waals surface area (Å²) in [6.45, 7) is 3.90. The van der Waals surface area contributed by atoms with Gasteiger partial charge in [0.05, 0.1) is 6.04 Å². The Labute approximate surface area is 130 Å². The molecule has 1 aromatic carbocycles. The van der Waals surface area contributed by atoms with Gasteiger partial charge in [-0.3, -0.25) is 4.79 Å². The van der Waals surface area contributed by atoms with Crippen molar-refractivity contribution in [1.29, 1.82) is 0 Å². The number of carbonyl (C=O) groups excluding carboxylic acids is 1. The van der Waals surface area contributed by atoms with Gasteiger partial charge in [0.2, 0.25) is 0 Å². The first-order valence-corrected chi connectivity index (χ1v) is 7.99. The van der Waals surface area contributed by atoms with Crippen LogP contribution in [-0.4, -0.2) is 10.9 Å². The normalized spacial score (nSPS) is 12.2. The van der Waals surface area contributed by atoms with E-state index >= 15 is 0 Å². The van der Waals surface area contributed by atoms with Gasteiger partial charge in [0.1, 0.15) is 10.7 Å². The van der Waals surface area contributed by atoms with E-state index in [0.29, 0.717) is 5.69 Å². The lowest BCUT2D eigenvalue weighted by Crippen LogP contribution is -2.14. The van der Waals surface area contributed by atoms with Gasteiger partial charge in [-0.25, -0.2) is 4.98 Å². The highest BCUT2D eigenvalue weighted by Crippen LogP contribution is 2.23. The van der Waals surface area contributed by atoms with Crippen LogP contribution in [0, 0.1) is 0 Å². The molecule has 1 unspecified atom stereocenters. The molecule has 0 aliphatic rings. The molecule has 1 amide bonds. The van der Waals surface area contributed by atoms with Gasteiger partial charge >= 0.3 is 0 Å². The Balaban J connectivity index is 2.18. The second-order valence-corrected chi connectivity index (χ2v) is 6.27. The summed E-state index contributed by atoms with van der Waals surface area (Å²) in [7, 11) is 0. The van der Waals surface area contributed by atoms with E-state index in [1.165, 1.54) is 11.3 Å². The number of nitrogens with one attached hydrogen (secondary N) is 1. The maximum Gasteiger partial charge on any atom is 0.275 e. The summed E-state index contributed by atoms with van der Waals surface area (Å²) in [4.78, 5) is 16.4. The molecule has 3 N–H and O–H groups in total. The molecule has 0 saturated heterocycles. The van der Waals surface area contributed by atoms with Gasteiger partial charge in [0.25, 0.3) is 5.91 Å². The monoisotopic (exact) mass is 353 g/mol. The van der Waals surface area contributed by atoms with Crippen molar-refractivity contribution in [2.24, 2.45) is 5.73 Å². The van der Waals surface area contributed by atoms with E-state index in [1.807, 2.05) is 25.1 Å². The number of rotatable bonds is 4. The molecule has 0 radical (unpaired) electrons.